The highest BCUT2D eigenvalue weighted by Gasteiger charge is 2.29. The first-order valence-electron chi connectivity index (χ1n) is 6.93. The molecule has 2 rings (SSSR count). The Morgan fingerprint density at radius 2 is 2.00 bits per heavy atom. The Bertz CT molecular complexity index is 246. The first-order chi connectivity index (χ1) is 8.31. The highest BCUT2D eigenvalue weighted by molar-refractivity contribution is 5.81. The van der Waals surface area contributed by atoms with E-state index in [0.29, 0.717) is 12.5 Å². The van der Waals surface area contributed by atoms with Gasteiger partial charge in [0, 0.05) is 19.2 Å². The quantitative estimate of drug-likeness (QED) is 0.776. The van der Waals surface area contributed by atoms with Gasteiger partial charge in [0.1, 0.15) is 6.10 Å². The highest BCUT2D eigenvalue weighted by Crippen LogP contribution is 2.26. The van der Waals surface area contributed by atoms with Gasteiger partial charge in [-0.2, -0.15) is 0 Å². The van der Waals surface area contributed by atoms with E-state index in [2.05, 4.69) is 5.32 Å². The van der Waals surface area contributed by atoms with Gasteiger partial charge in [0.25, 0.3) is 0 Å². The molecule has 1 aliphatic heterocycles. The fourth-order valence-corrected chi connectivity index (χ4v) is 2.97. The molecule has 1 unspecified atom stereocenters. The number of nitrogens with one attached hydrogen (secondary N) is 1. The van der Waals surface area contributed by atoms with Crippen molar-refractivity contribution in [3.8, 4) is 0 Å². The van der Waals surface area contributed by atoms with Gasteiger partial charge in [-0.05, 0) is 31.6 Å². The van der Waals surface area contributed by atoms with Crippen LogP contribution in [0, 0.1) is 5.92 Å². The van der Waals surface area contributed by atoms with Crippen molar-refractivity contribution in [2.75, 3.05) is 13.2 Å². The van der Waals surface area contributed by atoms with Crippen LogP contribution in [-0.2, 0) is 9.53 Å². The Morgan fingerprint density at radius 3 is 2.59 bits per heavy atom. The summed E-state index contributed by atoms with van der Waals surface area (Å²) in [6.07, 6.45) is 7.90. The minimum Gasteiger partial charge on any atom is -0.368 e. The molecule has 0 bridgehead atoms. The number of carbonyl (C=O) groups excluding carboxylic acids is 1. The molecular formula is C13H24N2O2. The van der Waals surface area contributed by atoms with Gasteiger partial charge in [-0.3, -0.25) is 4.79 Å². The second kappa shape index (κ2) is 6.36. The number of ether oxygens (including phenoxy) is 1. The summed E-state index contributed by atoms with van der Waals surface area (Å²) in [5.74, 6) is 0.614. The topological polar surface area (TPSA) is 64.3 Å². The molecule has 3 N–H and O–H groups in total. The van der Waals surface area contributed by atoms with Gasteiger partial charge in [-0.15, -0.1) is 0 Å². The Balaban J connectivity index is 1.82. The van der Waals surface area contributed by atoms with Crippen molar-refractivity contribution >= 4 is 5.91 Å². The molecule has 0 aromatic heterocycles. The third-order valence-corrected chi connectivity index (χ3v) is 4.02. The number of nitrogens with two attached hydrogens (primary N) is 1. The molecule has 1 saturated carbocycles. The molecule has 1 heterocycles. The van der Waals surface area contributed by atoms with Gasteiger partial charge >= 0.3 is 0 Å². The number of rotatable bonds is 4. The van der Waals surface area contributed by atoms with Crippen LogP contribution in [0.3, 0.4) is 0 Å². The van der Waals surface area contributed by atoms with E-state index in [-0.39, 0.29) is 18.1 Å². The zero-order valence-electron chi connectivity index (χ0n) is 10.5. The third kappa shape index (κ3) is 3.42. The lowest BCUT2D eigenvalue weighted by molar-refractivity contribution is -0.131. The van der Waals surface area contributed by atoms with E-state index in [9.17, 15) is 4.79 Å². The molecule has 4 nitrogen and oxygen atoms in total. The lowest BCUT2D eigenvalue weighted by atomic mass is 9.84. The Kier molecular flexibility index (Phi) is 4.80. The van der Waals surface area contributed by atoms with E-state index in [1.54, 1.807) is 0 Å². The molecule has 4 heteroatoms. The molecule has 0 aromatic rings. The summed E-state index contributed by atoms with van der Waals surface area (Å²) < 4.78 is 5.39. The van der Waals surface area contributed by atoms with Crippen molar-refractivity contribution in [1.82, 2.24) is 5.32 Å². The van der Waals surface area contributed by atoms with Crippen LogP contribution >= 0.6 is 0 Å². The van der Waals surface area contributed by atoms with Crippen molar-refractivity contribution in [2.45, 2.75) is 57.1 Å². The van der Waals surface area contributed by atoms with Crippen molar-refractivity contribution in [3.05, 3.63) is 0 Å². The normalized spacial score (nSPS) is 27.9. The molecule has 2 aliphatic rings. The summed E-state index contributed by atoms with van der Waals surface area (Å²) in [6, 6.07) is 0.145. The Hall–Kier alpha value is -0.610. The van der Waals surface area contributed by atoms with E-state index in [4.69, 9.17) is 10.5 Å². The number of carbonyl (C=O) groups is 1. The van der Waals surface area contributed by atoms with Crippen molar-refractivity contribution in [2.24, 2.45) is 11.7 Å². The van der Waals surface area contributed by atoms with Gasteiger partial charge in [-0.25, -0.2) is 0 Å². The molecule has 1 amide bonds. The van der Waals surface area contributed by atoms with Gasteiger partial charge in [0.15, 0.2) is 0 Å². The summed E-state index contributed by atoms with van der Waals surface area (Å²) in [5, 5.41) is 3.09. The van der Waals surface area contributed by atoms with Gasteiger partial charge in [0.05, 0.1) is 0 Å². The average Bonchev–Trinajstić information content (AvgIpc) is 2.90. The smallest absolute Gasteiger partial charge is 0.249 e. The van der Waals surface area contributed by atoms with E-state index >= 15 is 0 Å². The van der Waals surface area contributed by atoms with Crippen LogP contribution in [0.5, 0.6) is 0 Å². The van der Waals surface area contributed by atoms with Gasteiger partial charge in [0.2, 0.25) is 5.91 Å². The van der Waals surface area contributed by atoms with Crippen LogP contribution in [0.1, 0.15) is 44.9 Å². The summed E-state index contributed by atoms with van der Waals surface area (Å²) >= 11 is 0. The molecule has 0 radical (unpaired) electrons. The lowest BCUT2D eigenvalue weighted by Crippen LogP contribution is -2.49. The first-order valence-corrected chi connectivity index (χ1v) is 6.93. The maximum absolute atomic E-state index is 12.0. The van der Waals surface area contributed by atoms with E-state index in [1.165, 1.54) is 32.1 Å². The maximum Gasteiger partial charge on any atom is 0.249 e. The largest absolute Gasteiger partial charge is 0.368 e. The fourth-order valence-electron chi connectivity index (χ4n) is 2.97. The van der Waals surface area contributed by atoms with Crippen LogP contribution in [0.25, 0.3) is 0 Å². The molecule has 98 valence electrons. The third-order valence-electron chi connectivity index (χ3n) is 4.02. The van der Waals surface area contributed by atoms with E-state index in [1.807, 2.05) is 0 Å². The molecule has 0 aromatic carbocycles. The maximum atomic E-state index is 12.0. The Morgan fingerprint density at radius 1 is 1.24 bits per heavy atom. The zero-order valence-corrected chi connectivity index (χ0v) is 10.5. The summed E-state index contributed by atoms with van der Waals surface area (Å²) in [5.41, 5.74) is 5.80. The minimum atomic E-state index is -0.229. The molecule has 0 spiro atoms. The SMILES string of the molecule is NCC(NC(=O)[C@H]1CCCO1)C1CCCCC1. The number of hydrogen-bond acceptors (Lipinski definition) is 3. The van der Waals surface area contributed by atoms with Crippen LogP contribution < -0.4 is 11.1 Å². The summed E-state index contributed by atoms with van der Waals surface area (Å²) in [7, 11) is 0. The van der Waals surface area contributed by atoms with E-state index < -0.39 is 0 Å². The standard InChI is InChI=1S/C13H24N2O2/c14-9-11(10-5-2-1-3-6-10)15-13(16)12-7-4-8-17-12/h10-12H,1-9,14H2,(H,15,16)/t11?,12-/m1/s1. The number of amides is 1. The molecule has 1 saturated heterocycles. The predicted octanol–water partition coefficient (Wildman–Crippen LogP) is 1.19. The Labute approximate surface area is 103 Å². The zero-order chi connectivity index (χ0) is 12.1. The van der Waals surface area contributed by atoms with Crippen LogP contribution in [-0.4, -0.2) is 31.2 Å². The first kappa shape index (κ1) is 12.8. The second-order valence-electron chi connectivity index (χ2n) is 5.25. The predicted molar refractivity (Wildman–Crippen MR) is 66.5 cm³/mol. The van der Waals surface area contributed by atoms with Gasteiger partial charge < -0.3 is 15.8 Å². The fraction of sp³-hybridized carbons (Fsp3) is 0.923. The van der Waals surface area contributed by atoms with Gasteiger partial charge in [-0.1, -0.05) is 19.3 Å². The van der Waals surface area contributed by atoms with Crippen LogP contribution in [0.15, 0.2) is 0 Å². The average molecular weight is 240 g/mol. The monoisotopic (exact) mass is 240 g/mol. The molecular weight excluding hydrogens is 216 g/mol. The molecule has 17 heavy (non-hydrogen) atoms. The molecule has 2 atom stereocenters. The van der Waals surface area contributed by atoms with Crippen molar-refractivity contribution in [3.63, 3.8) is 0 Å². The van der Waals surface area contributed by atoms with Crippen molar-refractivity contribution < 1.29 is 9.53 Å². The van der Waals surface area contributed by atoms with Crippen LogP contribution in [0.2, 0.25) is 0 Å². The van der Waals surface area contributed by atoms with E-state index in [0.717, 1.165) is 19.4 Å². The minimum absolute atomic E-state index is 0.0449. The van der Waals surface area contributed by atoms with Crippen LogP contribution in [0.4, 0.5) is 0 Å². The second-order valence-corrected chi connectivity index (χ2v) is 5.25. The lowest BCUT2D eigenvalue weighted by Gasteiger charge is -2.30. The molecule has 2 fully saturated rings. The van der Waals surface area contributed by atoms with Crippen molar-refractivity contribution in [1.29, 1.82) is 0 Å². The number of hydrogen-bond donors (Lipinski definition) is 2. The molecule has 1 aliphatic carbocycles. The summed E-state index contributed by atoms with van der Waals surface area (Å²) in [6.45, 7) is 1.26. The summed E-state index contributed by atoms with van der Waals surface area (Å²) in [4.78, 5) is 12.0. The highest BCUT2D eigenvalue weighted by atomic mass is 16.5.